The summed E-state index contributed by atoms with van der Waals surface area (Å²) in [7, 11) is 0. The van der Waals surface area contributed by atoms with Gasteiger partial charge in [0.25, 0.3) is 0 Å². The number of rotatable bonds is 7. The zero-order valence-electron chi connectivity index (χ0n) is 19.5. The number of carboxylic acids is 1. The predicted molar refractivity (Wildman–Crippen MR) is 130 cm³/mol. The van der Waals surface area contributed by atoms with E-state index < -0.39 is 11.6 Å². The number of aromatic carboxylic acids is 1. The molecule has 0 saturated carbocycles. The van der Waals surface area contributed by atoms with Gasteiger partial charge in [0, 0.05) is 23.5 Å². The van der Waals surface area contributed by atoms with Crippen molar-refractivity contribution in [3.8, 4) is 11.3 Å². The largest absolute Gasteiger partial charge is 0.478 e. The van der Waals surface area contributed by atoms with Crippen LogP contribution in [-0.4, -0.2) is 31.6 Å². The van der Waals surface area contributed by atoms with Gasteiger partial charge >= 0.3 is 5.97 Å². The van der Waals surface area contributed by atoms with Gasteiger partial charge < -0.3 is 19.9 Å². The molecule has 34 heavy (non-hydrogen) atoms. The summed E-state index contributed by atoms with van der Waals surface area (Å²) >= 11 is 0. The third kappa shape index (κ3) is 4.87. The van der Waals surface area contributed by atoms with Crippen molar-refractivity contribution in [2.75, 3.05) is 5.32 Å². The zero-order chi connectivity index (χ0) is 24.6. The summed E-state index contributed by atoms with van der Waals surface area (Å²) in [5.41, 5.74) is 2.18. The van der Waals surface area contributed by atoms with E-state index in [0.29, 0.717) is 34.5 Å². The topological polar surface area (TPSA) is 118 Å². The Morgan fingerprint density at radius 2 is 1.97 bits per heavy atom. The Morgan fingerprint density at radius 3 is 2.68 bits per heavy atom. The molecule has 0 aliphatic rings. The molecule has 1 atom stereocenters. The summed E-state index contributed by atoms with van der Waals surface area (Å²) in [5.74, 6) is -0.663. The average molecular weight is 462 g/mol. The summed E-state index contributed by atoms with van der Waals surface area (Å²) in [6.07, 6.45) is 3.31. The number of para-hydroxylation sites is 1. The summed E-state index contributed by atoms with van der Waals surface area (Å²) in [4.78, 5) is 24.6. The van der Waals surface area contributed by atoms with Gasteiger partial charge in [-0.05, 0) is 51.5 Å². The number of aliphatic hydroxyl groups is 1. The second-order valence-corrected chi connectivity index (χ2v) is 9.16. The van der Waals surface area contributed by atoms with E-state index in [0.717, 1.165) is 11.1 Å². The van der Waals surface area contributed by atoms with Crippen LogP contribution in [0.25, 0.3) is 22.3 Å². The van der Waals surface area contributed by atoms with E-state index in [4.69, 9.17) is 4.42 Å². The molecule has 4 rings (SSSR count). The minimum absolute atomic E-state index is 0.160. The van der Waals surface area contributed by atoms with Gasteiger partial charge in [-0.25, -0.2) is 4.79 Å². The van der Waals surface area contributed by atoms with Crippen LogP contribution in [0.3, 0.4) is 0 Å². The van der Waals surface area contributed by atoms with Crippen molar-refractivity contribution in [2.45, 2.75) is 45.9 Å². The van der Waals surface area contributed by atoms with Crippen molar-refractivity contribution in [2.24, 2.45) is 0 Å². The van der Waals surface area contributed by atoms with Crippen molar-refractivity contribution in [3.63, 3.8) is 0 Å². The van der Waals surface area contributed by atoms with E-state index in [2.05, 4.69) is 10.4 Å². The smallest absolute Gasteiger partial charge is 0.337 e. The van der Waals surface area contributed by atoms with E-state index in [1.165, 1.54) is 12.1 Å². The van der Waals surface area contributed by atoms with Gasteiger partial charge in [-0.3, -0.25) is 9.48 Å². The average Bonchev–Trinajstić information content (AvgIpc) is 3.20. The predicted octanol–water partition coefficient (Wildman–Crippen LogP) is 4.61. The van der Waals surface area contributed by atoms with E-state index in [1.54, 1.807) is 55.2 Å². The lowest BCUT2D eigenvalue weighted by molar-refractivity contribution is 0.0577. The van der Waals surface area contributed by atoms with Crippen molar-refractivity contribution >= 4 is 22.6 Å². The molecule has 0 saturated heterocycles. The number of aromatic nitrogens is 2. The van der Waals surface area contributed by atoms with E-state index in [-0.39, 0.29) is 17.0 Å². The number of carboxylic acid groups (broad SMARTS) is 1. The number of hydrogen-bond acceptors (Lipinski definition) is 6. The maximum absolute atomic E-state index is 13.0. The lowest BCUT2D eigenvalue weighted by Gasteiger charge is -2.19. The number of anilines is 1. The van der Waals surface area contributed by atoms with Crippen LogP contribution in [0, 0.1) is 6.92 Å². The molecular weight excluding hydrogens is 434 g/mol. The molecule has 0 amide bonds. The maximum atomic E-state index is 13.0. The first kappa shape index (κ1) is 23.3. The highest BCUT2D eigenvalue weighted by Crippen LogP contribution is 2.31. The standard InChI is InChI=1S/C26H27N3O5/c1-15-9-19(16(2)28-21-8-6-5-7-18(21)25(31)32)24-20(10-15)22(30)11-23(34-24)17-12-27-29(13-17)14-26(3,4)33/h5-13,16,28,33H,14H2,1-4H3,(H,31,32). The molecule has 8 heteroatoms. The molecule has 0 aliphatic carbocycles. The molecule has 2 heterocycles. The molecule has 8 nitrogen and oxygen atoms in total. The molecule has 0 spiro atoms. The van der Waals surface area contributed by atoms with Crippen molar-refractivity contribution in [1.82, 2.24) is 9.78 Å². The molecule has 0 radical (unpaired) electrons. The summed E-state index contributed by atoms with van der Waals surface area (Å²) < 4.78 is 7.82. The van der Waals surface area contributed by atoms with Crippen LogP contribution < -0.4 is 10.7 Å². The Kier molecular flexibility index (Phi) is 6.01. The maximum Gasteiger partial charge on any atom is 0.337 e. The zero-order valence-corrected chi connectivity index (χ0v) is 19.5. The third-order valence-electron chi connectivity index (χ3n) is 5.46. The highest BCUT2D eigenvalue weighted by Gasteiger charge is 2.19. The fourth-order valence-corrected chi connectivity index (χ4v) is 3.98. The third-order valence-corrected chi connectivity index (χ3v) is 5.46. The molecule has 3 N–H and O–H groups in total. The van der Waals surface area contributed by atoms with Crippen LogP contribution in [-0.2, 0) is 6.54 Å². The summed E-state index contributed by atoms with van der Waals surface area (Å²) in [6, 6.07) is 11.5. The van der Waals surface area contributed by atoms with Crippen LogP contribution in [0.1, 0.15) is 48.3 Å². The summed E-state index contributed by atoms with van der Waals surface area (Å²) in [5, 5.41) is 27.5. The van der Waals surface area contributed by atoms with E-state index in [9.17, 15) is 19.8 Å². The van der Waals surface area contributed by atoms with E-state index >= 15 is 0 Å². The SMILES string of the molecule is Cc1cc(C(C)Nc2ccccc2C(=O)O)c2oc(-c3cnn(CC(C)(C)O)c3)cc(=O)c2c1. The highest BCUT2D eigenvalue weighted by molar-refractivity contribution is 5.94. The van der Waals surface area contributed by atoms with E-state index in [1.807, 2.05) is 19.9 Å². The number of carbonyl (C=O) groups is 1. The van der Waals surface area contributed by atoms with Crippen LogP contribution >= 0.6 is 0 Å². The number of nitrogens with zero attached hydrogens (tertiary/aromatic N) is 2. The van der Waals surface area contributed by atoms with Gasteiger partial charge in [-0.2, -0.15) is 5.10 Å². The molecule has 176 valence electrons. The molecule has 0 fully saturated rings. The van der Waals surface area contributed by atoms with Crippen molar-refractivity contribution in [1.29, 1.82) is 0 Å². The minimum Gasteiger partial charge on any atom is -0.478 e. The summed E-state index contributed by atoms with van der Waals surface area (Å²) in [6.45, 7) is 7.46. The normalized spacial score (nSPS) is 12.6. The highest BCUT2D eigenvalue weighted by atomic mass is 16.4. The number of aryl methyl sites for hydroxylation is 1. The molecule has 2 aromatic carbocycles. The second-order valence-electron chi connectivity index (χ2n) is 9.16. The first-order chi connectivity index (χ1) is 16.0. The molecule has 1 unspecified atom stereocenters. The lowest BCUT2D eigenvalue weighted by Crippen LogP contribution is -2.26. The molecular formula is C26H27N3O5. The Bertz CT molecular complexity index is 1430. The molecule has 0 bridgehead atoms. The number of hydrogen-bond donors (Lipinski definition) is 3. The van der Waals surface area contributed by atoms with Gasteiger partial charge in [0.15, 0.2) is 5.43 Å². The second kappa shape index (κ2) is 8.79. The van der Waals surface area contributed by atoms with Gasteiger partial charge in [-0.15, -0.1) is 0 Å². The van der Waals surface area contributed by atoms with Crippen molar-refractivity contribution in [3.05, 3.63) is 81.8 Å². The van der Waals surface area contributed by atoms with Gasteiger partial charge in [-0.1, -0.05) is 18.2 Å². The number of benzene rings is 2. The minimum atomic E-state index is -1.03. The van der Waals surface area contributed by atoms with Gasteiger partial charge in [0.2, 0.25) is 0 Å². The molecule has 4 aromatic rings. The van der Waals surface area contributed by atoms with Crippen LogP contribution in [0.4, 0.5) is 5.69 Å². The molecule has 2 aromatic heterocycles. The Morgan fingerprint density at radius 1 is 1.24 bits per heavy atom. The van der Waals surface area contributed by atoms with Crippen LogP contribution in [0.15, 0.2) is 64.1 Å². The van der Waals surface area contributed by atoms with Gasteiger partial charge in [0.05, 0.1) is 40.9 Å². The van der Waals surface area contributed by atoms with Crippen LogP contribution in [0.5, 0.6) is 0 Å². The first-order valence-electron chi connectivity index (χ1n) is 10.9. The lowest BCUT2D eigenvalue weighted by atomic mass is 10.0. The Balaban J connectivity index is 1.78. The fraction of sp³-hybridized carbons (Fsp3) is 0.269. The fourth-order valence-electron chi connectivity index (χ4n) is 3.98. The van der Waals surface area contributed by atoms with Gasteiger partial charge in [0.1, 0.15) is 11.3 Å². The molecule has 0 aliphatic heterocycles. The van der Waals surface area contributed by atoms with Crippen LogP contribution in [0.2, 0.25) is 0 Å². The quantitative estimate of drug-likeness (QED) is 0.368. The Labute approximate surface area is 196 Å². The number of nitrogens with one attached hydrogen (secondary N) is 1. The number of fused-ring (bicyclic) bond motifs is 1. The van der Waals surface area contributed by atoms with Crippen molar-refractivity contribution < 1.29 is 19.4 Å². The first-order valence-corrected chi connectivity index (χ1v) is 10.9. The Hall–Kier alpha value is -3.91. The monoisotopic (exact) mass is 461 g/mol.